The second kappa shape index (κ2) is 5.43. The molecule has 0 aliphatic rings. The summed E-state index contributed by atoms with van der Waals surface area (Å²) in [6.07, 6.45) is -4.94. The second-order valence-electron chi connectivity index (χ2n) is 3.09. The first kappa shape index (κ1) is 13.2. The average molecular weight is 245 g/mol. The van der Waals surface area contributed by atoms with Gasteiger partial charge in [-0.05, 0) is 13.0 Å². The van der Waals surface area contributed by atoms with Crippen LogP contribution in [0.2, 0.25) is 0 Å². The van der Waals surface area contributed by atoms with Crippen LogP contribution in [0.15, 0.2) is 18.2 Å². The second-order valence-corrected chi connectivity index (χ2v) is 3.09. The molecule has 0 spiro atoms. The Hall–Kier alpha value is -1.90. The quantitative estimate of drug-likeness (QED) is 0.818. The third kappa shape index (κ3) is 4.23. The van der Waals surface area contributed by atoms with Crippen molar-refractivity contribution in [3.8, 4) is 17.6 Å². The van der Waals surface area contributed by atoms with Gasteiger partial charge < -0.3 is 9.47 Å². The lowest BCUT2D eigenvalue weighted by Gasteiger charge is -2.13. The van der Waals surface area contributed by atoms with E-state index in [1.54, 1.807) is 13.0 Å². The highest BCUT2D eigenvalue weighted by molar-refractivity contribution is 5.42. The summed E-state index contributed by atoms with van der Waals surface area (Å²) in [5, 5.41) is 8.50. The van der Waals surface area contributed by atoms with Crippen LogP contribution in [0.25, 0.3) is 0 Å². The maximum atomic E-state index is 12.1. The van der Waals surface area contributed by atoms with Crippen LogP contribution in [-0.4, -0.2) is 13.0 Å². The van der Waals surface area contributed by atoms with Crippen LogP contribution in [0.5, 0.6) is 11.5 Å². The van der Waals surface area contributed by atoms with Crippen molar-refractivity contribution in [3.05, 3.63) is 23.8 Å². The monoisotopic (exact) mass is 245 g/mol. The molecule has 6 heteroatoms. The van der Waals surface area contributed by atoms with E-state index in [9.17, 15) is 13.2 Å². The Morgan fingerprint density at radius 1 is 1.35 bits per heavy atom. The Balaban J connectivity index is 3.03. The van der Waals surface area contributed by atoms with Crippen LogP contribution in [0.3, 0.4) is 0 Å². The highest BCUT2D eigenvalue weighted by atomic mass is 19.4. The van der Waals surface area contributed by atoms with Gasteiger partial charge in [-0.2, -0.15) is 5.26 Å². The van der Waals surface area contributed by atoms with Gasteiger partial charge in [-0.25, -0.2) is 0 Å². The van der Waals surface area contributed by atoms with Crippen molar-refractivity contribution in [3.63, 3.8) is 0 Å². The molecule has 0 radical (unpaired) electrons. The predicted molar refractivity (Wildman–Crippen MR) is 53.6 cm³/mol. The molecule has 0 atom stereocenters. The molecular weight excluding hydrogens is 235 g/mol. The lowest BCUT2D eigenvalue weighted by molar-refractivity contribution is -0.274. The van der Waals surface area contributed by atoms with E-state index in [1.165, 1.54) is 12.1 Å². The lowest BCUT2D eigenvalue weighted by atomic mass is 10.1. The van der Waals surface area contributed by atoms with Crippen molar-refractivity contribution in [1.29, 1.82) is 5.26 Å². The first-order valence-electron chi connectivity index (χ1n) is 4.84. The average Bonchev–Trinajstić information content (AvgIpc) is 2.20. The van der Waals surface area contributed by atoms with Crippen LogP contribution in [-0.2, 0) is 6.42 Å². The molecule has 0 aliphatic carbocycles. The Morgan fingerprint density at radius 3 is 2.59 bits per heavy atom. The molecule has 3 nitrogen and oxygen atoms in total. The zero-order valence-electron chi connectivity index (χ0n) is 9.04. The third-order valence-corrected chi connectivity index (χ3v) is 1.84. The number of halogens is 3. The highest BCUT2D eigenvalue weighted by Crippen LogP contribution is 2.30. The third-order valence-electron chi connectivity index (χ3n) is 1.84. The molecule has 0 heterocycles. The summed E-state index contributed by atoms with van der Waals surface area (Å²) in [7, 11) is 0. The zero-order chi connectivity index (χ0) is 12.9. The molecule has 1 aromatic carbocycles. The van der Waals surface area contributed by atoms with Crippen LogP contribution in [0.1, 0.15) is 12.5 Å². The lowest BCUT2D eigenvalue weighted by Crippen LogP contribution is -2.18. The normalized spacial score (nSPS) is 10.8. The first-order chi connectivity index (χ1) is 7.96. The fourth-order valence-corrected chi connectivity index (χ4v) is 1.24. The Bertz CT molecular complexity index is 424. The summed E-state index contributed by atoms with van der Waals surface area (Å²) < 4.78 is 45.3. The minimum Gasteiger partial charge on any atom is -0.494 e. The molecular formula is C11H10F3NO2. The predicted octanol–water partition coefficient (Wildman–Crippen LogP) is 3.05. The number of hydrogen-bond donors (Lipinski definition) is 0. The van der Waals surface area contributed by atoms with Gasteiger partial charge in [0.25, 0.3) is 0 Å². The van der Waals surface area contributed by atoms with Crippen molar-refractivity contribution in [2.24, 2.45) is 0 Å². The number of rotatable bonds is 4. The highest BCUT2D eigenvalue weighted by Gasteiger charge is 2.32. The molecule has 0 N–H and O–H groups in total. The van der Waals surface area contributed by atoms with Crippen LogP contribution >= 0.6 is 0 Å². The smallest absolute Gasteiger partial charge is 0.494 e. The van der Waals surface area contributed by atoms with Crippen molar-refractivity contribution >= 4 is 0 Å². The molecule has 0 saturated heterocycles. The van der Waals surface area contributed by atoms with Gasteiger partial charge in [0.15, 0.2) is 0 Å². The van der Waals surface area contributed by atoms with Gasteiger partial charge in [-0.15, -0.1) is 13.2 Å². The molecule has 0 fully saturated rings. The summed E-state index contributed by atoms with van der Waals surface area (Å²) in [5.74, 6) is -0.126. The maximum absolute atomic E-state index is 12.1. The SMILES string of the molecule is CCOc1ccc(CC#N)c(OC(F)(F)F)c1. The molecule has 0 amide bonds. The number of benzene rings is 1. The van der Waals surface area contributed by atoms with Crippen LogP contribution in [0.4, 0.5) is 13.2 Å². The number of alkyl halides is 3. The van der Waals surface area contributed by atoms with Gasteiger partial charge in [0, 0.05) is 11.6 Å². The molecule has 17 heavy (non-hydrogen) atoms. The van der Waals surface area contributed by atoms with Gasteiger partial charge >= 0.3 is 6.36 Å². The summed E-state index contributed by atoms with van der Waals surface area (Å²) in [6, 6.07) is 5.79. The van der Waals surface area contributed by atoms with Gasteiger partial charge in [0.05, 0.1) is 19.1 Å². The summed E-state index contributed by atoms with van der Waals surface area (Å²) in [5.41, 5.74) is 0.174. The summed E-state index contributed by atoms with van der Waals surface area (Å²) in [4.78, 5) is 0. The Kier molecular flexibility index (Phi) is 4.21. The molecule has 0 unspecified atom stereocenters. The van der Waals surface area contributed by atoms with Gasteiger partial charge in [-0.1, -0.05) is 6.07 Å². The van der Waals surface area contributed by atoms with Crippen LogP contribution in [0, 0.1) is 11.3 Å². The topological polar surface area (TPSA) is 42.2 Å². The minimum absolute atomic E-state index is 0.155. The zero-order valence-corrected chi connectivity index (χ0v) is 9.04. The Labute approximate surface area is 96.4 Å². The number of hydrogen-bond acceptors (Lipinski definition) is 3. The van der Waals surface area contributed by atoms with E-state index in [0.29, 0.717) is 6.61 Å². The Morgan fingerprint density at radius 2 is 2.06 bits per heavy atom. The van der Waals surface area contributed by atoms with E-state index in [2.05, 4.69) is 4.74 Å². The van der Waals surface area contributed by atoms with E-state index < -0.39 is 12.1 Å². The molecule has 0 aliphatic heterocycles. The first-order valence-corrected chi connectivity index (χ1v) is 4.84. The molecule has 0 saturated carbocycles. The fraction of sp³-hybridized carbons (Fsp3) is 0.364. The van der Waals surface area contributed by atoms with Crippen molar-refractivity contribution in [2.75, 3.05) is 6.61 Å². The standard InChI is InChI=1S/C11H10F3NO2/c1-2-16-9-4-3-8(5-6-15)10(7-9)17-11(12,13)14/h3-4,7H,2,5H2,1H3. The number of ether oxygens (including phenoxy) is 2. The molecule has 1 aromatic rings. The molecule has 1 rings (SSSR count). The van der Waals surface area contributed by atoms with Crippen molar-refractivity contribution in [1.82, 2.24) is 0 Å². The molecule has 0 bridgehead atoms. The summed E-state index contributed by atoms with van der Waals surface area (Å²) in [6.45, 7) is 2.05. The number of nitriles is 1. The number of nitrogens with zero attached hydrogens (tertiary/aromatic N) is 1. The van der Waals surface area contributed by atoms with Crippen molar-refractivity contribution < 1.29 is 22.6 Å². The van der Waals surface area contributed by atoms with Gasteiger partial charge in [0.1, 0.15) is 11.5 Å². The van der Waals surface area contributed by atoms with Gasteiger partial charge in [0.2, 0.25) is 0 Å². The van der Waals surface area contributed by atoms with Gasteiger partial charge in [-0.3, -0.25) is 0 Å². The fourth-order valence-electron chi connectivity index (χ4n) is 1.24. The van der Waals surface area contributed by atoms with E-state index >= 15 is 0 Å². The van der Waals surface area contributed by atoms with Crippen molar-refractivity contribution in [2.45, 2.75) is 19.7 Å². The van der Waals surface area contributed by atoms with E-state index in [4.69, 9.17) is 10.00 Å². The van der Waals surface area contributed by atoms with E-state index in [0.717, 1.165) is 6.07 Å². The minimum atomic E-state index is -4.78. The summed E-state index contributed by atoms with van der Waals surface area (Å²) >= 11 is 0. The maximum Gasteiger partial charge on any atom is 0.573 e. The molecule has 92 valence electrons. The largest absolute Gasteiger partial charge is 0.573 e. The van der Waals surface area contributed by atoms with E-state index in [-0.39, 0.29) is 17.7 Å². The van der Waals surface area contributed by atoms with Crippen LogP contribution < -0.4 is 9.47 Å². The molecule has 0 aromatic heterocycles. The van der Waals surface area contributed by atoms with E-state index in [1.807, 2.05) is 0 Å².